The van der Waals surface area contributed by atoms with Crippen molar-refractivity contribution in [1.29, 1.82) is 0 Å². The van der Waals surface area contributed by atoms with Gasteiger partial charge in [0.25, 0.3) is 0 Å². The average molecular weight is 152 g/mol. The van der Waals surface area contributed by atoms with E-state index in [4.69, 9.17) is 4.74 Å². The molecule has 2 bridgehead atoms. The number of hydrogen-bond donors (Lipinski definition) is 0. The van der Waals surface area contributed by atoms with E-state index in [0.717, 1.165) is 12.5 Å². The summed E-state index contributed by atoms with van der Waals surface area (Å²) in [6.07, 6.45) is 4.91. The number of fused-ring (bicyclic) bond motifs is 1. The Morgan fingerprint density at radius 2 is 2.18 bits per heavy atom. The third-order valence-electron chi connectivity index (χ3n) is 4.90. The van der Waals surface area contributed by atoms with E-state index >= 15 is 0 Å². The van der Waals surface area contributed by atoms with Gasteiger partial charge in [-0.25, -0.2) is 0 Å². The summed E-state index contributed by atoms with van der Waals surface area (Å²) >= 11 is 0. The normalized spacial score (nSPS) is 57.3. The first kappa shape index (κ1) is 6.47. The van der Waals surface area contributed by atoms with E-state index in [0.29, 0.717) is 16.9 Å². The lowest BCUT2D eigenvalue weighted by atomic mass is 9.66. The van der Waals surface area contributed by atoms with Crippen LogP contribution < -0.4 is 0 Å². The van der Waals surface area contributed by atoms with Gasteiger partial charge in [-0.2, -0.15) is 0 Å². The summed E-state index contributed by atoms with van der Waals surface area (Å²) in [7, 11) is 0. The molecule has 0 aromatic heterocycles. The van der Waals surface area contributed by atoms with Crippen LogP contribution in [0.3, 0.4) is 0 Å². The van der Waals surface area contributed by atoms with Gasteiger partial charge in [-0.05, 0) is 30.6 Å². The van der Waals surface area contributed by atoms with Gasteiger partial charge in [0.05, 0.1) is 12.7 Å². The Kier molecular flexibility index (Phi) is 0.893. The lowest BCUT2D eigenvalue weighted by molar-refractivity contribution is -0.201. The fourth-order valence-electron chi connectivity index (χ4n) is 3.72. The van der Waals surface area contributed by atoms with Crippen LogP contribution in [0.4, 0.5) is 0 Å². The molecule has 3 atom stereocenters. The molecule has 2 aliphatic carbocycles. The van der Waals surface area contributed by atoms with Gasteiger partial charge in [-0.3, -0.25) is 0 Å². The predicted octanol–water partition coefficient (Wildman–Crippen LogP) is 2.21. The van der Waals surface area contributed by atoms with Gasteiger partial charge in [-0.15, -0.1) is 0 Å². The van der Waals surface area contributed by atoms with E-state index in [1.807, 2.05) is 0 Å². The molecule has 3 unspecified atom stereocenters. The quantitative estimate of drug-likeness (QED) is 0.517. The molecule has 0 aromatic rings. The summed E-state index contributed by atoms with van der Waals surface area (Å²) in [5.41, 5.74) is 1.22. The second kappa shape index (κ2) is 1.52. The highest BCUT2D eigenvalue weighted by atomic mass is 16.5. The molecule has 1 heterocycles. The zero-order chi connectivity index (χ0) is 7.69. The van der Waals surface area contributed by atoms with Gasteiger partial charge in [0.15, 0.2) is 0 Å². The fraction of sp³-hybridized carbons (Fsp3) is 1.00. The molecular formula is C10H16O. The maximum Gasteiger partial charge on any atom is 0.0661 e. The minimum Gasteiger partial charge on any atom is -0.377 e. The molecule has 3 rings (SSSR count). The van der Waals surface area contributed by atoms with Crippen molar-refractivity contribution in [3.05, 3.63) is 0 Å². The summed E-state index contributed by atoms with van der Waals surface area (Å²) in [5, 5.41) is 0. The first-order chi connectivity index (χ1) is 5.17. The Hall–Kier alpha value is -0.0400. The number of ether oxygens (including phenoxy) is 1. The SMILES string of the molecule is CC1(C)C2CCC13COC3C2. The lowest BCUT2D eigenvalue weighted by Crippen LogP contribution is -2.53. The van der Waals surface area contributed by atoms with Crippen molar-refractivity contribution in [2.75, 3.05) is 6.61 Å². The molecule has 3 aliphatic rings. The van der Waals surface area contributed by atoms with Gasteiger partial charge in [-0.1, -0.05) is 13.8 Å². The second-order valence-corrected chi connectivity index (χ2v) is 5.15. The largest absolute Gasteiger partial charge is 0.377 e. The van der Waals surface area contributed by atoms with Crippen molar-refractivity contribution in [1.82, 2.24) is 0 Å². The predicted molar refractivity (Wildman–Crippen MR) is 43.3 cm³/mol. The van der Waals surface area contributed by atoms with Crippen molar-refractivity contribution in [2.24, 2.45) is 16.7 Å². The third kappa shape index (κ3) is 0.462. The van der Waals surface area contributed by atoms with Crippen molar-refractivity contribution < 1.29 is 4.74 Å². The van der Waals surface area contributed by atoms with Crippen molar-refractivity contribution in [3.63, 3.8) is 0 Å². The minimum atomic E-state index is 0.593. The number of hydrogen-bond acceptors (Lipinski definition) is 1. The van der Waals surface area contributed by atoms with Crippen LogP contribution in [-0.4, -0.2) is 12.7 Å². The molecule has 1 heteroatoms. The molecule has 1 nitrogen and oxygen atoms in total. The standard InChI is InChI=1S/C10H16O/c1-9(2)7-3-4-10(9)6-11-8(10)5-7/h7-8H,3-6H2,1-2H3. The minimum absolute atomic E-state index is 0.593. The van der Waals surface area contributed by atoms with E-state index in [2.05, 4.69) is 13.8 Å². The summed E-state index contributed by atoms with van der Waals surface area (Å²) < 4.78 is 5.61. The van der Waals surface area contributed by atoms with Crippen LogP contribution >= 0.6 is 0 Å². The molecule has 3 fully saturated rings. The smallest absolute Gasteiger partial charge is 0.0661 e. The van der Waals surface area contributed by atoms with E-state index in [1.54, 1.807) is 0 Å². The first-order valence-electron chi connectivity index (χ1n) is 4.78. The molecule has 0 amide bonds. The Labute approximate surface area is 68.1 Å². The van der Waals surface area contributed by atoms with Crippen LogP contribution in [0.25, 0.3) is 0 Å². The molecule has 1 spiro atoms. The van der Waals surface area contributed by atoms with Crippen molar-refractivity contribution in [3.8, 4) is 0 Å². The van der Waals surface area contributed by atoms with E-state index < -0.39 is 0 Å². The first-order valence-corrected chi connectivity index (χ1v) is 4.78. The van der Waals surface area contributed by atoms with Crippen LogP contribution in [0, 0.1) is 16.7 Å². The molecule has 1 aliphatic heterocycles. The Balaban J connectivity index is 2.09. The van der Waals surface area contributed by atoms with E-state index in [-0.39, 0.29) is 0 Å². The highest BCUT2D eigenvalue weighted by Crippen LogP contribution is 2.70. The average Bonchev–Trinajstić information content (AvgIpc) is 2.22. The second-order valence-electron chi connectivity index (χ2n) is 5.15. The number of rotatable bonds is 0. The molecule has 11 heavy (non-hydrogen) atoms. The molecule has 0 N–H and O–H groups in total. The summed E-state index contributed by atoms with van der Waals surface area (Å²) in [5.74, 6) is 0.968. The van der Waals surface area contributed by atoms with Crippen molar-refractivity contribution >= 4 is 0 Å². The summed E-state index contributed by atoms with van der Waals surface area (Å²) in [4.78, 5) is 0. The van der Waals surface area contributed by atoms with Gasteiger partial charge in [0.1, 0.15) is 0 Å². The molecule has 1 saturated heterocycles. The molecule has 0 radical (unpaired) electrons. The highest BCUT2D eigenvalue weighted by molar-refractivity contribution is 5.17. The summed E-state index contributed by atoms with van der Waals surface area (Å²) in [6, 6.07) is 0. The van der Waals surface area contributed by atoms with Crippen LogP contribution in [0.1, 0.15) is 33.1 Å². The van der Waals surface area contributed by atoms with Gasteiger partial charge < -0.3 is 4.74 Å². The Morgan fingerprint density at radius 3 is 2.45 bits per heavy atom. The van der Waals surface area contributed by atoms with E-state index in [1.165, 1.54) is 19.3 Å². The zero-order valence-corrected chi connectivity index (χ0v) is 7.39. The van der Waals surface area contributed by atoms with Gasteiger partial charge >= 0.3 is 0 Å². The zero-order valence-electron chi connectivity index (χ0n) is 7.39. The summed E-state index contributed by atoms with van der Waals surface area (Å²) in [6.45, 7) is 5.96. The Bertz CT molecular complexity index is 209. The molecule has 2 saturated carbocycles. The maximum absolute atomic E-state index is 5.61. The van der Waals surface area contributed by atoms with Crippen LogP contribution in [0.2, 0.25) is 0 Å². The monoisotopic (exact) mass is 152 g/mol. The van der Waals surface area contributed by atoms with Gasteiger partial charge in [0, 0.05) is 5.41 Å². The highest BCUT2D eigenvalue weighted by Gasteiger charge is 2.69. The molecule has 62 valence electrons. The van der Waals surface area contributed by atoms with Gasteiger partial charge in [0.2, 0.25) is 0 Å². The van der Waals surface area contributed by atoms with Crippen molar-refractivity contribution in [2.45, 2.75) is 39.2 Å². The fourth-order valence-corrected chi connectivity index (χ4v) is 3.72. The Morgan fingerprint density at radius 1 is 1.36 bits per heavy atom. The lowest BCUT2D eigenvalue weighted by Gasteiger charge is -2.50. The molecule has 0 aromatic carbocycles. The molecular weight excluding hydrogens is 136 g/mol. The van der Waals surface area contributed by atoms with E-state index in [9.17, 15) is 0 Å². The topological polar surface area (TPSA) is 9.23 Å². The van der Waals surface area contributed by atoms with Crippen LogP contribution in [-0.2, 0) is 4.74 Å². The van der Waals surface area contributed by atoms with Crippen LogP contribution in [0.5, 0.6) is 0 Å². The van der Waals surface area contributed by atoms with Crippen LogP contribution in [0.15, 0.2) is 0 Å². The third-order valence-corrected chi connectivity index (χ3v) is 4.90. The maximum atomic E-state index is 5.61.